The third kappa shape index (κ3) is 11.2. The molecule has 0 spiro atoms. The third-order valence-corrected chi connectivity index (χ3v) is 4.32. The number of nitrogens with zero attached hydrogens (tertiary/aromatic N) is 2. The van der Waals surface area contributed by atoms with Crippen molar-refractivity contribution < 1.29 is 19.1 Å². The molecule has 0 aliphatic carbocycles. The highest BCUT2D eigenvalue weighted by molar-refractivity contribution is 8.23. The first-order valence-electron chi connectivity index (χ1n) is 7.63. The molecule has 1 rings (SSSR count). The second kappa shape index (κ2) is 13.9. The predicted molar refractivity (Wildman–Crippen MR) is 107 cm³/mol. The van der Waals surface area contributed by atoms with Crippen molar-refractivity contribution in [1.82, 2.24) is 0 Å². The number of thiocarbonyl (C=S) groups is 1. The molecule has 6 nitrogen and oxygen atoms in total. The van der Waals surface area contributed by atoms with Crippen LogP contribution in [0.25, 0.3) is 0 Å². The topological polar surface area (TPSA) is 79.6 Å². The zero-order valence-corrected chi connectivity index (χ0v) is 16.6. The quantitative estimate of drug-likeness (QED) is 0.310. The average molecular weight is 395 g/mol. The van der Waals surface area contributed by atoms with Gasteiger partial charge in [-0.15, -0.1) is 0 Å². The first-order valence-corrected chi connectivity index (χ1v) is 8.92. The fraction of sp³-hybridized carbons (Fsp3) is 0.333. The first-order chi connectivity index (χ1) is 12.3. The highest BCUT2D eigenvalue weighted by atomic mass is 32.2. The normalized spacial score (nSPS) is 10.2. The summed E-state index contributed by atoms with van der Waals surface area (Å²) >= 11 is 6.63. The van der Waals surface area contributed by atoms with Gasteiger partial charge in [-0.2, -0.15) is 5.26 Å². The summed E-state index contributed by atoms with van der Waals surface area (Å²) < 4.78 is 9.93. The van der Waals surface area contributed by atoms with E-state index in [0.29, 0.717) is 17.2 Å². The van der Waals surface area contributed by atoms with Crippen molar-refractivity contribution >= 4 is 45.9 Å². The summed E-state index contributed by atoms with van der Waals surface area (Å²) in [6.07, 6.45) is 1.88. The number of carbonyl (C=O) groups is 2. The number of para-hydroxylation sites is 1. The average Bonchev–Trinajstić information content (AvgIpc) is 2.59. The molecule has 8 heteroatoms. The van der Waals surface area contributed by atoms with E-state index >= 15 is 0 Å². The Morgan fingerprint density at radius 2 is 1.96 bits per heavy atom. The molecule has 0 saturated carbocycles. The highest BCUT2D eigenvalue weighted by Crippen LogP contribution is 2.24. The fourth-order valence-electron chi connectivity index (χ4n) is 1.58. The van der Waals surface area contributed by atoms with Crippen molar-refractivity contribution in [3.63, 3.8) is 0 Å². The summed E-state index contributed by atoms with van der Waals surface area (Å²) in [5.74, 6) is -0.699. The molecule has 0 saturated heterocycles. The van der Waals surface area contributed by atoms with Crippen molar-refractivity contribution in [2.24, 2.45) is 0 Å². The van der Waals surface area contributed by atoms with Crippen LogP contribution in [0.2, 0.25) is 0 Å². The SMILES string of the molecule is C=COC(C)=O.CC(=O)OC(CCC#N)SC(=S)N(C)c1ccccc1. The van der Waals surface area contributed by atoms with E-state index in [1.165, 1.54) is 25.6 Å². The molecule has 0 radical (unpaired) electrons. The number of ether oxygens (including phenoxy) is 2. The predicted octanol–water partition coefficient (Wildman–Crippen LogP) is 4.03. The lowest BCUT2D eigenvalue weighted by Crippen LogP contribution is -2.25. The molecule has 0 N–H and O–H groups in total. The van der Waals surface area contributed by atoms with Gasteiger partial charge in [0.2, 0.25) is 0 Å². The smallest absolute Gasteiger partial charge is 0.307 e. The number of carbonyl (C=O) groups excluding carboxylic acids is 2. The number of nitriles is 1. The number of hydrogen-bond acceptors (Lipinski definition) is 7. The Hall–Kier alpha value is -2.37. The molecule has 0 aliphatic heterocycles. The summed E-state index contributed by atoms with van der Waals surface area (Å²) in [5, 5.41) is 8.63. The van der Waals surface area contributed by atoms with Crippen LogP contribution in [0.15, 0.2) is 43.2 Å². The maximum atomic E-state index is 11.1. The van der Waals surface area contributed by atoms with Gasteiger partial charge in [0.05, 0.1) is 12.3 Å². The minimum absolute atomic E-state index is 0.322. The molecule has 0 heterocycles. The van der Waals surface area contributed by atoms with Crippen LogP contribution < -0.4 is 4.90 Å². The van der Waals surface area contributed by atoms with Gasteiger partial charge in [0.25, 0.3) is 0 Å². The zero-order chi connectivity index (χ0) is 19.9. The number of hydrogen-bond donors (Lipinski definition) is 0. The Balaban J connectivity index is 0.000000896. The number of esters is 2. The molecule has 1 aromatic carbocycles. The van der Waals surface area contributed by atoms with Crippen LogP contribution >= 0.6 is 24.0 Å². The van der Waals surface area contributed by atoms with Crippen LogP contribution in [0.4, 0.5) is 5.69 Å². The molecule has 0 fully saturated rings. The zero-order valence-electron chi connectivity index (χ0n) is 15.0. The number of rotatable bonds is 6. The number of anilines is 1. The maximum Gasteiger partial charge on any atom is 0.307 e. The van der Waals surface area contributed by atoms with Crippen molar-refractivity contribution in [3.8, 4) is 6.07 Å². The Morgan fingerprint density at radius 3 is 2.38 bits per heavy atom. The largest absolute Gasteiger partial charge is 0.451 e. The summed E-state index contributed by atoms with van der Waals surface area (Å²) in [4.78, 5) is 22.7. The van der Waals surface area contributed by atoms with Gasteiger partial charge in [-0.05, 0) is 12.1 Å². The Bertz CT molecular complexity index is 644. The van der Waals surface area contributed by atoms with Crippen LogP contribution in [0.5, 0.6) is 0 Å². The fourth-order valence-corrected chi connectivity index (χ4v) is 2.91. The van der Waals surface area contributed by atoms with Crippen LogP contribution in [-0.2, 0) is 19.1 Å². The Labute approximate surface area is 163 Å². The summed E-state index contributed by atoms with van der Waals surface area (Å²) in [6, 6.07) is 11.7. The van der Waals surface area contributed by atoms with E-state index in [2.05, 4.69) is 11.3 Å². The number of benzene rings is 1. The first kappa shape index (κ1) is 23.6. The van der Waals surface area contributed by atoms with E-state index in [0.717, 1.165) is 11.9 Å². The van der Waals surface area contributed by atoms with Gasteiger partial charge >= 0.3 is 11.9 Å². The lowest BCUT2D eigenvalue weighted by Gasteiger charge is -2.23. The molecule has 1 atom stereocenters. The van der Waals surface area contributed by atoms with E-state index in [-0.39, 0.29) is 11.9 Å². The van der Waals surface area contributed by atoms with Crippen LogP contribution in [0.3, 0.4) is 0 Å². The summed E-state index contributed by atoms with van der Waals surface area (Å²) in [5.41, 5.74) is 0.540. The molecule has 0 aliphatic rings. The van der Waals surface area contributed by atoms with Crippen molar-refractivity contribution in [1.29, 1.82) is 5.26 Å². The van der Waals surface area contributed by atoms with Gasteiger partial charge in [0.1, 0.15) is 4.32 Å². The van der Waals surface area contributed by atoms with Gasteiger partial charge < -0.3 is 14.4 Å². The highest BCUT2D eigenvalue weighted by Gasteiger charge is 2.18. The molecule has 140 valence electrons. The van der Waals surface area contributed by atoms with Crippen LogP contribution in [-0.4, -0.2) is 28.7 Å². The summed E-state index contributed by atoms with van der Waals surface area (Å²) in [6.45, 7) is 5.83. The van der Waals surface area contributed by atoms with Gasteiger partial charge in [0.15, 0.2) is 5.44 Å². The minimum atomic E-state index is -0.425. The van der Waals surface area contributed by atoms with Gasteiger partial charge in [-0.3, -0.25) is 9.59 Å². The van der Waals surface area contributed by atoms with E-state index in [4.69, 9.17) is 22.2 Å². The number of thioether (sulfide) groups is 1. The minimum Gasteiger partial charge on any atom is -0.451 e. The van der Waals surface area contributed by atoms with E-state index in [9.17, 15) is 9.59 Å². The Kier molecular flexibility index (Phi) is 12.6. The lowest BCUT2D eigenvalue weighted by atomic mass is 10.3. The molecule has 0 amide bonds. The van der Waals surface area contributed by atoms with Crippen LogP contribution in [0, 0.1) is 11.3 Å². The van der Waals surface area contributed by atoms with Gasteiger partial charge in [-0.1, -0.05) is 48.8 Å². The van der Waals surface area contributed by atoms with E-state index in [1.54, 1.807) is 0 Å². The third-order valence-electron chi connectivity index (χ3n) is 2.69. The lowest BCUT2D eigenvalue weighted by molar-refractivity contribution is -0.142. The maximum absolute atomic E-state index is 11.1. The molecular formula is C18H22N2O4S2. The molecule has 1 aromatic rings. The van der Waals surface area contributed by atoms with Crippen molar-refractivity contribution in [3.05, 3.63) is 43.2 Å². The van der Waals surface area contributed by atoms with E-state index < -0.39 is 5.44 Å². The second-order valence-electron chi connectivity index (χ2n) is 4.79. The molecule has 1 unspecified atom stereocenters. The van der Waals surface area contributed by atoms with E-state index in [1.807, 2.05) is 48.3 Å². The molecule has 26 heavy (non-hydrogen) atoms. The molecule has 0 bridgehead atoms. The van der Waals surface area contributed by atoms with Crippen molar-refractivity contribution in [2.45, 2.75) is 32.1 Å². The van der Waals surface area contributed by atoms with Gasteiger partial charge in [0, 0.05) is 39.4 Å². The monoisotopic (exact) mass is 394 g/mol. The second-order valence-corrected chi connectivity index (χ2v) is 6.58. The molecular weight excluding hydrogens is 372 g/mol. The van der Waals surface area contributed by atoms with Crippen LogP contribution in [0.1, 0.15) is 26.7 Å². The van der Waals surface area contributed by atoms with Crippen molar-refractivity contribution in [2.75, 3.05) is 11.9 Å². The Morgan fingerprint density at radius 1 is 1.35 bits per heavy atom. The standard InChI is InChI=1S/C14H16N2O2S2.C4H6O2/c1-11(17)18-13(9-6-10-15)20-14(19)16(2)12-7-4-3-5-8-12;1-3-6-4(2)5/h3-5,7-8,13H,6,9H2,1-2H3;3H,1H2,2H3. The summed E-state index contributed by atoms with van der Waals surface area (Å²) in [7, 11) is 1.86. The van der Waals surface area contributed by atoms with Gasteiger partial charge in [-0.25, -0.2) is 0 Å². The molecule has 0 aromatic heterocycles.